The van der Waals surface area contributed by atoms with Gasteiger partial charge in [0, 0.05) is 17.4 Å². The summed E-state index contributed by atoms with van der Waals surface area (Å²) in [4.78, 5) is 0. The molecule has 2 aromatic carbocycles. The van der Waals surface area contributed by atoms with Crippen LogP contribution in [0.2, 0.25) is 0 Å². The third-order valence-corrected chi connectivity index (χ3v) is 3.79. The van der Waals surface area contributed by atoms with E-state index in [4.69, 9.17) is 4.42 Å². The molecule has 0 spiro atoms. The number of aromatic nitrogens is 3. The maximum atomic E-state index is 5.39. The standard InChI is InChI=1S/C19H15N3O/c1-2-7-15(8-3-1)9-6-12-22-17-11-5-4-10-16(17)13-18(22)19-21-20-14-23-19/h1-11,13-14H,12H2. The van der Waals surface area contributed by atoms with E-state index in [-0.39, 0.29) is 0 Å². The summed E-state index contributed by atoms with van der Waals surface area (Å²) < 4.78 is 7.57. The van der Waals surface area contributed by atoms with Crippen LogP contribution in [0.5, 0.6) is 0 Å². The number of allylic oxidation sites excluding steroid dienone is 1. The molecule has 0 fully saturated rings. The Hall–Kier alpha value is -3.14. The molecule has 0 saturated carbocycles. The summed E-state index contributed by atoms with van der Waals surface area (Å²) in [5, 5.41) is 9.00. The highest BCUT2D eigenvalue weighted by molar-refractivity contribution is 5.85. The lowest BCUT2D eigenvalue weighted by Gasteiger charge is -2.05. The van der Waals surface area contributed by atoms with E-state index < -0.39 is 0 Å². The van der Waals surface area contributed by atoms with Gasteiger partial charge in [0.25, 0.3) is 5.89 Å². The summed E-state index contributed by atoms with van der Waals surface area (Å²) in [6.07, 6.45) is 5.62. The van der Waals surface area contributed by atoms with Crippen LogP contribution >= 0.6 is 0 Å². The van der Waals surface area contributed by atoms with Crippen molar-refractivity contribution in [2.45, 2.75) is 6.54 Å². The predicted octanol–water partition coefficient (Wildman–Crippen LogP) is 4.40. The van der Waals surface area contributed by atoms with E-state index in [1.165, 1.54) is 12.0 Å². The molecule has 2 aromatic heterocycles. The number of nitrogens with zero attached hydrogens (tertiary/aromatic N) is 3. The van der Waals surface area contributed by atoms with E-state index >= 15 is 0 Å². The molecule has 0 saturated heterocycles. The molecule has 0 bridgehead atoms. The van der Waals surface area contributed by atoms with Gasteiger partial charge in [-0.15, -0.1) is 10.2 Å². The van der Waals surface area contributed by atoms with Crippen molar-refractivity contribution < 1.29 is 4.42 Å². The second kappa shape index (κ2) is 5.93. The minimum atomic E-state index is 0.536. The smallest absolute Gasteiger partial charge is 0.264 e. The molecule has 0 aliphatic heterocycles. The molecule has 4 nitrogen and oxygen atoms in total. The van der Waals surface area contributed by atoms with Gasteiger partial charge in [-0.2, -0.15) is 0 Å². The van der Waals surface area contributed by atoms with Crippen LogP contribution in [-0.2, 0) is 6.54 Å². The van der Waals surface area contributed by atoms with Gasteiger partial charge in [-0.25, -0.2) is 0 Å². The number of hydrogen-bond donors (Lipinski definition) is 0. The van der Waals surface area contributed by atoms with E-state index in [1.807, 2.05) is 30.3 Å². The number of benzene rings is 2. The van der Waals surface area contributed by atoms with Crippen LogP contribution in [0.4, 0.5) is 0 Å². The molecular formula is C19H15N3O. The van der Waals surface area contributed by atoms with E-state index in [1.54, 1.807) is 0 Å². The summed E-state index contributed by atoms with van der Waals surface area (Å²) in [5.74, 6) is 0.536. The summed E-state index contributed by atoms with van der Waals surface area (Å²) in [6, 6.07) is 20.6. The van der Waals surface area contributed by atoms with E-state index in [9.17, 15) is 0 Å². The number of para-hydroxylation sites is 1. The topological polar surface area (TPSA) is 43.9 Å². The second-order valence-corrected chi connectivity index (χ2v) is 5.26. The Morgan fingerprint density at radius 1 is 1.00 bits per heavy atom. The third kappa shape index (κ3) is 2.66. The van der Waals surface area contributed by atoms with Crippen LogP contribution in [0.3, 0.4) is 0 Å². The molecule has 4 aromatic rings. The fraction of sp³-hybridized carbons (Fsp3) is 0.0526. The van der Waals surface area contributed by atoms with Crippen molar-refractivity contribution in [2.75, 3.05) is 0 Å². The van der Waals surface area contributed by atoms with Gasteiger partial charge in [0.15, 0.2) is 0 Å². The van der Waals surface area contributed by atoms with Gasteiger partial charge in [0.1, 0.15) is 5.69 Å². The molecule has 0 radical (unpaired) electrons. The zero-order valence-corrected chi connectivity index (χ0v) is 12.5. The van der Waals surface area contributed by atoms with Gasteiger partial charge in [-0.1, -0.05) is 60.7 Å². The summed E-state index contributed by atoms with van der Waals surface area (Å²) in [6.45, 7) is 0.736. The average molecular weight is 301 g/mol. The Bertz CT molecular complexity index is 937. The van der Waals surface area contributed by atoms with Crippen molar-refractivity contribution in [1.29, 1.82) is 0 Å². The minimum Gasteiger partial charge on any atom is -0.422 e. The van der Waals surface area contributed by atoms with Crippen molar-refractivity contribution in [3.8, 4) is 11.6 Å². The number of fused-ring (bicyclic) bond motifs is 1. The maximum Gasteiger partial charge on any atom is 0.264 e. The fourth-order valence-electron chi connectivity index (χ4n) is 2.73. The second-order valence-electron chi connectivity index (χ2n) is 5.26. The van der Waals surface area contributed by atoms with Crippen molar-refractivity contribution >= 4 is 17.0 Å². The van der Waals surface area contributed by atoms with Crippen LogP contribution < -0.4 is 0 Å². The fourth-order valence-corrected chi connectivity index (χ4v) is 2.73. The molecule has 0 unspecified atom stereocenters. The number of rotatable bonds is 4. The predicted molar refractivity (Wildman–Crippen MR) is 90.7 cm³/mol. The first-order valence-electron chi connectivity index (χ1n) is 7.48. The lowest BCUT2D eigenvalue weighted by atomic mass is 10.2. The molecule has 2 heterocycles. The molecular weight excluding hydrogens is 286 g/mol. The van der Waals surface area contributed by atoms with Crippen molar-refractivity contribution in [1.82, 2.24) is 14.8 Å². The first-order chi connectivity index (χ1) is 11.4. The molecule has 0 N–H and O–H groups in total. The van der Waals surface area contributed by atoms with Gasteiger partial charge in [-0.05, 0) is 17.7 Å². The van der Waals surface area contributed by atoms with E-state index in [0.29, 0.717) is 5.89 Å². The molecule has 4 rings (SSSR count). The SMILES string of the molecule is C(=Cc1ccccc1)Cn1c(-c2nnco2)cc2ccccc21. The van der Waals surface area contributed by atoms with Gasteiger partial charge in [-0.3, -0.25) is 0 Å². The van der Waals surface area contributed by atoms with Gasteiger partial charge >= 0.3 is 0 Å². The molecule has 0 aliphatic rings. The van der Waals surface area contributed by atoms with Crippen LogP contribution in [0.15, 0.2) is 77.6 Å². The van der Waals surface area contributed by atoms with Gasteiger partial charge in [0.05, 0.1) is 0 Å². The molecule has 0 atom stereocenters. The van der Waals surface area contributed by atoms with E-state index in [2.05, 4.69) is 57.2 Å². The lowest BCUT2D eigenvalue weighted by Crippen LogP contribution is -1.97. The molecule has 0 aliphatic carbocycles. The largest absolute Gasteiger partial charge is 0.422 e. The van der Waals surface area contributed by atoms with Crippen LogP contribution in [0.1, 0.15) is 5.56 Å². The molecule has 112 valence electrons. The first kappa shape index (κ1) is 13.5. The third-order valence-electron chi connectivity index (χ3n) is 3.79. The van der Waals surface area contributed by atoms with Crippen molar-refractivity contribution in [3.05, 3.63) is 78.7 Å². The van der Waals surface area contributed by atoms with Crippen LogP contribution in [0.25, 0.3) is 28.6 Å². The quantitative estimate of drug-likeness (QED) is 0.561. The first-order valence-corrected chi connectivity index (χ1v) is 7.48. The van der Waals surface area contributed by atoms with E-state index in [0.717, 1.165) is 23.1 Å². The normalized spacial score (nSPS) is 11.5. The Morgan fingerprint density at radius 3 is 2.65 bits per heavy atom. The zero-order valence-electron chi connectivity index (χ0n) is 12.5. The monoisotopic (exact) mass is 301 g/mol. The highest BCUT2D eigenvalue weighted by atomic mass is 16.4. The summed E-state index contributed by atoms with van der Waals surface area (Å²) >= 11 is 0. The highest BCUT2D eigenvalue weighted by Gasteiger charge is 2.13. The summed E-state index contributed by atoms with van der Waals surface area (Å²) in [7, 11) is 0. The van der Waals surface area contributed by atoms with Crippen LogP contribution in [0, 0.1) is 0 Å². The van der Waals surface area contributed by atoms with Crippen LogP contribution in [-0.4, -0.2) is 14.8 Å². The molecule has 4 heteroatoms. The van der Waals surface area contributed by atoms with Crippen molar-refractivity contribution in [3.63, 3.8) is 0 Å². The maximum absolute atomic E-state index is 5.39. The van der Waals surface area contributed by atoms with Gasteiger partial charge in [0.2, 0.25) is 6.39 Å². The Morgan fingerprint density at radius 2 is 1.83 bits per heavy atom. The Kier molecular flexibility index (Phi) is 3.48. The lowest BCUT2D eigenvalue weighted by molar-refractivity contribution is 0.562. The minimum absolute atomic E-state index is 0.536. The summed E-state index contributed by atoms with van der Waals surface area (Å²) in [5.41, 5.74) is 3.27. The highest BCUT2D eigenvalue weighted by Crippen LogP contribution is 2.27. The Labute approximate surface area is 133 Å². The zero-order chi connectivity index (χ0) is 15.5. The van der Waals surface area contributed by atoms with Gasteiger partial charge < -0.3 is 8.98 Å². The Balaban J connectivity index is 1.73. The molecule has 0 amide bonds. The molecule has 23 heavy (non-hydrogen) atoms. The average Bonchev–Trinajstić information content (AvgIpc) is 3.24. The number of hydrogen-bond acceptors (Lipinski definition) is 3. The van der Waals surface area contributed by atoms with Crippen molar-refractivity contribution in [2.24, 2.45) is 0 Å².